The van der Waals surface area contributed by atoms with Crippen LogP contribution in [0.25, 0.3) is 0 Å². The molecule has 0 radical (unpaired) electrons. The van der Waals surface area contributed by atoms with Crippen LogP contribution in [0.15, 0.2) is 30.4 Å². The van der Waals surface area contributed by atoms with E-state index in [1.165, 1.54) is 37.1 Å². The third-order valence-corrected chi connectivity index (χ3v) is 8.28. The zero-order valence-corrected chi connectivity index (χ0v) is 18.4. The van der Waals surface area contributed by atoms with Crippen molar-refractivity contribution in [1.29, 1.82) is 0 Å². The Hall–Kier alpha value is -1.52. The van der Waals surface area contributed by atoms with Crippen LogP contribution in [0.5, 0.6) is 5.75 Å². The van der Waals surface area contributed by atoms with Gasteiger partial charge in [-0.15, -0.1) is 0 Å². The number of nitrogens with one attached hydrogen (secondary N) is 1. The maximum Gasteiger partial charge on any atom is 0.129 e. The van der Waals surface area contributed by atoms with Gasteiger partial charge in [0.05, 0.1) is 13.2 Å². The Morgan fingerprint density at radius 1 is 1.17 bits per heavy atom. The maximum absolute atomic E-state index is 6.76. The first kappa shape index (κ1) is 19.4. The molecule has 0 aromatic heterocycles. The fourth-order valence-corrected chi connectivity index (χ4v) is 6.32. The van der Waals surface area contributed by atoms with E-state index in [1.807, 2.05) is 0 Å². The van der Waals surface area contributed by atoms with Crippen molar-refractivity contribution in [2.75, 3.05) is 25.5 Å². The number of methoxy groups -OCH3 is 1. The Labute approximate surface area is 175 Å². The van der Waals surface area contributed by atoms with Crippen LogP contribution in [0, 0.1) is 17.8 Å². The number of allylic oxidation sites excluding steroid dienone is 1. The van der Waals surface area contributed by atoms with Gasteiger partial charge in [0.1, 0.15) is 12.0 Å². The van der Waals surface area contributed by atoms with Crippen molar-refractivity contribution in [1.82, 2.24) is 4.90 Å². The monoisotopic (exact) mass is 396 g/mol. The Morgan fingerprint density at radius 2 is 2.03 bits per heavy atom. The number of nitrogens with zero attached hydrogens (tertiary/aromatic N) is 1. The van der Waals surface area contributed by atoms with Gasteiger partial charge in [-0.1, -0.05) is 26.0 Å². The lowest BCUT2D eigenvalue weighted by atomic mass is 9.66. The van der Waals surface area contributed by atoms with Crippen LogP contribution in [0.1, 0.15) is 52.0 Å². The largest absolute Gasteiger partial charge is 0.497 e. The molecule has 0 saturated carbocycles. The fourth-order valence-electron chi connectivity index (χ4n) is 6.32. The van der Waals surface area contributed by atoms with E-state index >= 15 is 0 Å². The van der Waals surface area contributed by atoms with E-state index in [9.17, 15) is 0 Å². The first-order chi connectivity index (χ1) is 14.0. The lowest BCUT2D eigenvalue weighted by Gasteiger charge is -2.45. The van der Waals surface area contributed by atoms with Crippen molar-refractivity contribution in [3.8, 4) is 5.75 Å². The number of rotatable bonds is 1. The Kier molecular flexibility index (Phi) is 4.90. The summed E-state index contributed by atoms with van der Waals surface area (Å²) in [6.07, 6.45) is 10.1. The molecule has 5 rings (SSSR count). The highest BCUT2D eigenvalue weighted by molar-refractivity contribution is 5.61. The SMILES string of the molecule is COc1ccc2c(c1)[C@]13CCC(C)/C=C\[C@@H]4CN(CCC4C)[C@@H](C)[C@@H]1O[C@@H](C3)N2. The molecule has 1 aromatic rings. The normalized spacial score (nSPS) is 44.6. The van der Waals surface area contributed by atoms with Crippen LogP contribution in [-0.4, -0.2) is 43.5 Å². The number of ether oxygens (including phenoxy) is 2. The Bertz CT molecular complexity index is 793. The van der Waals surface area contributed by atoms with Crippen LogP contribution in [0.2, 0.25) is 0 Å². The molecule has 158 valence electrons. The van der Waals surface area contributed by atoms with Gasteiger partial charge in [0.25, 0.3) is 0 Å². The molecule has 8 atom stereocenters. The number of benzene rings is 1. The van der Waals surface area contributed by atoms with E-state index in [0.29, 0.717) is 17.9 Å². The van der Waals surface area contributed by atoms with Gasteiger partial charge in [-0.3, -0.25) is 4.90 Å². The summed E-state index contributed by atoms with van der Waals surface area (Å²) in [5.74, 6) is 2.98. The van der Waals surface area contributed by atoms with Gasteiger partial charge in [0, 0.05) is 30.1 Å². The first-order valence-corrected chi connectivity index (χ1v) is 11.5. The molecule has 29 heavy (non-hydrogen) atoms. The standard InChI is InChI=1S/C25H36N2O2/c1-16-5-6-19-15-27(12-10-17(19)2)18(3)24-25(11-9-16)14-23(29-24)26-22-8-7-20(28-4)13-21(22)25/h5-8,13,16-19,23-24,26H,9-12,14-15H2,1-4H3/b6-5-/t16?,17?,18-,19+,23-,24-,25+/m0/s1. The fraction of sp³-hybridized carbons (Fsp3) is 0.680. The third-order valence-electron chi connectivity index (χ3n) is 8.28. The zero-order chi connectivity index (χ0) is 20.2. The predicted octanol–water partition coefficient (Wildman–Crippen LogP) is 4.81. The molecule has 1 spiro atoms. The summed E-state index contributed by atoms with van der Waals surface area (Å²) >= 11 is 0. The minimum atomic E-state index is 0.0597. The van der Waals surface area contributed by atoms with E-state index in [0.717, 1.165) is 24.6 Å². The molecule has 4 heterocycles. The summed E-state index contributed by atoms with van der Waals surface area (Å²) < 4.78 is 12.4. The van der Waals surface area contributed by atoms with Crippen LogP contribution in [-0.2, 0) is 10.2 Å². The lowest BCUT2D eigenvalue weighted by Crippen LogP contribution is -2.53. The van der Waals surface area contributed by atoms with Crippen molar-refractivity contribution < 1.29 is 9.47 Å². The molecule has 4 heteroatoms. The van der Waals surface area contributed by atoms with Crippen LogP contribution < -0.4 is 10.1 Å². The van der Waals surface area contributed by atoms with E-state index in [4.69, 9.17) is 9.47 Å². The molecule has 4 aliphatic heterocycles. The lowest BCUT2D eigenvalue weighted by molar-refractivity contribution is -0.0310. The van der Waals surface area contributed by atoms with Gasteiger partial charge in [-0.05, 0) is 74.2 Å². The molecule has 0 aliphatic carbocycles. The molecular formula is C25H36N2O2. The van der Waals surface area contributed by atoms with Gasteiger partial charge in [-0.2, -0.15) is 0 Å². The number of piperidine rings is 1. The zero-order valence-electron chi connectivity index (χ0n) is 18.4. The van der Waals surface area contributed by atoms with Crippen molar-refractivity contribution in [3.05, 3.63) is 35.9 Å². The molecule has 0 amide bonds. The number of hydrogen-bond acceptors (Lipinski definition) is 4. The molecule has 4 nitrogen and oxygen atoms in total. The molecule has 4 aliphatic rings. The molecule has 4 bridgehead atoms. The van der Waals surface area contributed by atoms with E-state index in [-0.39, 0.29) is 17.7 Å². The van der Waals surface area contributed by atoms with Gasteiger partial charge in [0.2, 0.25) is 0 Å². The van der Waals surface area contributed by atoms with Gasteiger partial charge in [-0.25, -0.2) is 0 Å². The maximum atomic E-state index is 6.76. The predicted molar refractivity (Wildman–Crippen MR) is 117 cm³/mol. The second-order valence-corrected chi connectivity index (χ2v) is 10.0. The first-order valence-electron chi connectivity index (χ1n) is 11.5. The number of anilines is 1. The summed E-state index contributed by atoms with van der Waals surface area (Å²) in [4.78, 5) is 2.71. The van der Waals surface area contributed by atoms with Crippen LogP contribution in [0.3, 0.4) is 0 Å². The molecule has 1 aromatic carbocycles. The second-order valence-electron chi connectivity index (χ2n) is 10.0. The highest BCUT2D eigenvalue weighted by Crippen LogP contribution is 2.54. The van der Waals surface area contributed by atoms with E-state index in [2.05, 4.69) is 61.3 Å². The average Bonchev–Trinajstić information content (AvgIpc) is 3.04. The van der Waals surface area contributed by atoms with Gasteiger partial charge in [0.15, 0.2) is 0 Å². The minimum Gasteiger partial charge on any atom is -0.497 e. The molecule has 3 unspecified atom stereocenters. The van der Waals surface area contributed by atoms with Crippen LogP contribution >= 0.6 is 0 Å². The van der Waals surface area contributed by atoms with Crippen molar-refractivity contribution in [2.24, 2.45) is 17.8 Å². The van der Waals surface area contributed by atoms with E-state index < -0.39 is 0 Å². The summed E-state index contributed by atoms with van der Waals surface area (Å²) in [5.41, 5.74) is 2.70. The van der Waals surface area contributed by atoms with Crippen LogP contribution in [0.4, 0.5) is 5.69 Å². The van der Waals surface area contributed by atoms with Crippen molar-refractivity contribution >= 4 is 5.69 Å². The number of hydrogen-bond donors (Lipinski definition) is 1. The molecule has 2 fully saturated rings. The summed E-state index contributed by atoms with van der Waals surface area (Å²) in [7, 11) is 1.77. The third kappa shape index (κ3) is 3.19. The van der Waals surface area contributed by atoms with E-state index in [1.54, 1.807) is 7.11 Å². The second kappa shape index (κ2) is 7.31. The summed E-state index contributed by atoms with van der Waals surface area (Å²) in [5, 5.41) is 3.66. The Balaban J connectivity index is 1.59. The molecule has 1 N–H and O–H groups in total. The highest BCUT2D eigenvalue weighted by Gasteiger charge is 2.56. The smallest absolute Gasteiger partial charge is 0.129 e. The average molecular weight is 397 g/mol. The summed E-state index contributed by atoms with van der Waals surface area (Å²) in [6.45, 7) is 9.56. The summed E-state index contributed by atoms with van der Waals surface area (Å²) in [6, 6.07) is 6.94. The highest BCUT2D eigenvalue weighted by atomic mass is 16.5. The quantitative estimate of drug-likeness (QED) is 0.691. The van der Waals surface area contributed by atoms with Gasteiger partial charge < -0.3 is 14.8 Å². The topological polar surface area (TPSA) is 33.7 Å². The molecule has 2 saturated heterocycles. The number of fused-ring (bicyclic) bond motifs is 4. The minimum absolute atomic E-state index is 0.0597. The van der Waals surface area contributed by atoms with Crippen molar-refractivity contribution in [2.45, 2.75) is 70.2 Å². The van der Waals surface area contributed by atoms with Crippen molar-refractivity contribution in [3.63, 3.8) is 0 Å². The molecular weight excluding hydrogens is 360 g/mol. The Morgan fingerprint density at radius 3 is 2.86 bits per heavy atom. The van der Waals surface area contributed by atoms with Gasteiger partial charge >= 0.3 is 0 Å².